The summed E-state index contributed by atoms with van der Waals surface area (Å²) in [6.45, 7) is 10.6. The van der Waals surface area contributed by atoms with E-state index in [9.17, 15) is 27.5 Å². The minimum atomic E-state index is -4.58. The Balaban J connectivity index is 0.998. The molecule has 17 heteroatoms. The number of nitro groups is 1. The Morgan fingerprint density at radius 2 is 1.80 bits per heavy atom. The van der Waals surface area contributed by atoms with Gasteiger partial charge >= 0.3 is 0 Å². The first-order valence-electron chi connectivity index (χ1n) is 22.1. The molecule has 2 saturated heterocycles. The number of amides is 1. The van der Waals surface area contributed by atoms with Crippen LogP contribution in [0.4, 0.5) is 11.4 Å². The highest BCUT2D eigenvalue weighted by atomic mass is 35.5. The Labute approximate surface area is 386 Å². The normalized spacial score (nSPS) is 20.9. The van der Waals surface area contributed by atoms with E-state index in [1.54, 1.807) is 37.5 Å². The van der Waals surface area contributed by atoms with Crippen molar-refractivity contribution < 1.29 is 27.1 Å². The zero-order valence-corrected chi connectivity index (χ0v) is 39.6. The number of nitro benzene ring substituents is 1. The van der Waals surface area contributed by atoms with Crippen molar-refractivity contribution in [2.75, 3.05) is 56.2 Å². The molecule has 344 valence electrons. The Bertz CT molecular complexity index is 2870. The number of ether oxygens (including phenoxy) is 1. The number of hydrogen-bond donors (Lipinski definition) is 2. The summed E-state index contributed by atoms with van der Waals surface area (Å²) in [6, 6.07) is 20.6. The molecule has 0 saturated carbocycles. The number of nitrogens with one attached hydrogen (secondary N) is 2. The lowest BCUT2D eigenvalue weighted by molar-refractivity contribution is -0.385. The van der Waals surface area contributed by atoms with Crippen LogP contribution >= 0.6 is 11.6 Å². The number of H-pyrrole nitrogens is 1. The SMILES string of the molecule is CN=S1(=O)CCC(C(C)Cc2ccc(S(=O)(=O)NC(=O)c3ccc(N4CCN(CC5=C(c6ccc(Cl)cc6)CC(C)(C)CC5)CC4)cc3Oc3cnc4[nH]ccc4c3)cc2[N+](=O)[O-])CC1. The molecular formula is C48H56ClN7O7S2. The molecule has 2 aromatic heterocycles. The van der Waals surface area contributed by atoms with Gasteiger partial charge in [0.15, 0.2) is 0 Å². The van der Waals surface area contributed by atoms with Crippen molar-refractivity contribution in [1.82, 2.24) is 19.6 Å². The molecule has 14 nitrogen and oxygen atoms in total. The summed E-state index contributed by atoms with van der Waals surface area (Å²) in [5.74, 6) is 0.727. The van der Waals surface area contributed by atoms with Crippen molar-refractivity contribution >= 4 is 65.2 Å². The van der Waals surface area contributed by atoms with E-state index in [4.69, 9.17) is 16.3 Å². The van der Waals surface area contributed by atoms with E-state index in [-0.39, 0.29) is 34.3 Å². The van der Waals surface area contributed by atoms with Crippen LogP contribution in [0.3, 0.4) is 0 Å². The van der Waals surface area contributed by atoms with Crippen LogP contribution < -0.4 is 14.4 Å². The van der Waals surface area contributed by atoms with Crippen LogP contribution in [-0.2, 0) is 26.2 Å². The van der Waals surface area contributed by atoms with Crippen molar-refractivity contribution in [3.63, 3.8) is 0 Å². The topological polar surface area (TPSA) is 180 Å². The molecule has 2 fully saturated rings. The average molecular weight is 943 g/mol. The summed E-state index contributed by atoms with van der Waals surface area (Å²) < 4.78 is 52.9. The lowest BCUT2D eigenvalue weighted by atomic mass is 9.72. The summed E-state index contributed by atoms with van der Waals surface area (Å²) in [4.78, 5) is 37.5. The molecule has 65 heavy (non-hydrogen) atoms. The number of aromatic nitrogens is 2. The molecule has 4 heterocycles. The molecule has 3 aliphatic rings. The smallest absolute Gasteiger partial charge is 0.273 e. The van der Waals surface area contributed by atoms with Crippen LogP contribution in [0.5, 0.6) is 11.5 Å². The number of carbonyl (C=O) groups is 1. The van der Waals surface area contributed by atoms with Crippen LogP contribution in [0.1, 0.15) is 74.4 Å². The lowest BCUT2D eigenvalue weighted by Crippen LogP contribution is -2.47. The van der Waals surface area contributed by atoms with Gasteiger partial charge in [0.05, 0.1) is 21.6 Å². The van der Waals surface area contributed by atoms with E-state index in [2.05, 4.69) is 54.8 Å². The first-order chi connectivity index (χ1) is 31.0. The highest BCUT2D eigenvalue weighted by Gasteiger charge is 2.32. The first kappa shape index (κ1) is 46.2. The summed E-state index contributed by atoms with van der Waals surface area (Å²) in [5.41, 5.74) is 5.77. The second-order valence-electron chi connectivity index (χ2n) is 18.4. The molecule has 1 amide bonds. The van der Waals surface area contributed by atoms with Gasteiger partial charge in [-0.2, -0.15) is 0 Å². The van der Waals surface area contributed by atoms with Crippen molar-refractivity contribution in [2.45, 2.75) is 64.2 Å². The van der Waals surface area contributed by atoms with Crippen LogP contribution in [0, 0.1) is 27.4 Å². The van der Waals surface area contributed by atoms with Gasteiger partial charge < -0.3 is 14.6 Å². The standard InChI is InChI=1S/C48H56ClN7O7S2/c1-32(33-15-23-64(60,50-4)24-16-33)25-35-7-11-41(28-44(35)56(58)59)65(61,62)53-47(57)42-12-10-39(27-45(42)63-40-26-36-14-18-51-46(36)52-30-40)55-21-19-54(20-22-55)31-37-13-17-48(2,3)29-43(37)34-5-8-38(49)9-6-34/h5-12,14,18,26-28,30,32-33H,13,15-17,19-25,29,31H2,1-4H3,(H,51,52)(H,53,57). The molecule has 1 unspecified atom stereocenters. The maximum Gasteiger partial charge on any atom is 0.273 e. The largest absolute Gasteiger partial charge is 0.455 e. The van der Waals surface area contributed by atoms with Crippen LogP contribution in [0.2, 0.25) is 5.02 Å². The number of benzene rings is 3. The Morgan fingerprint density at radius 1 is 1.06 bits per heavy atom. The third-order valence-corrected chi connectivity index (χ3v) is 17.4. The Morgan fingerprint density at radius 3 is 2.51 bits per heavy atom. The van der Waals surface area contributed by atoms with E-state index in [0.717, 1.165) is 74.1 Å². The summed E-state index contributed by atoms with van der Waals surface area (Å²) >= 11 is 6.25. The molecule has 3 aromatic carbocycles. The number of nitrogens with zero attached hydrogens (tertiary/aromatic N) is 5. The van der Waals surface area contributed by atoms with Crippen LogP contribution in [0.15, 0.2) is 100 Å². The molecule has 0 radical (unpaired) electrons. The van der Waals surface area contributed by atoms with Crippen LogP contribution in [0.25, 0.3) is 16.6 Å². The highest BCUT2D eigenvalue weighted by Crippen LogP contribution is 2.44. The first-order valence-corrected chi connectivity index (χ1v) is 25.8. The van der Waals surface area contributed by atoms with Crippen LogP contribution in [-0.4, -0.2) is 89.6 Å². The second kappa shape index (κ2) is 18.9. The zero-order chi connectivity index (χ0) is 46.1. The van der Waals surface area contributed by atoms with E-state index in [0.29, 0.717) is 47.7 Å². The van der Waals surface area contributed by atoms with E-state index >= 15 is 0 Å². The lowest BCUT2D eigenvalue weighted by Gasteiger charge is -2.39. The predicted molar refractivity (Wildman–Crippen MR) is 257 cm³/mol. The molecule has 2 aliphatic heterocycles. The van der Waals surface area contributed by atoms with Gasteiger partial charge in [-0.25, -0.2) is 26.7 Å². The number of hydrogen-bond acceptors (Lipinski definition) is 11. The van der Waals surface area contributed by atoms with Gasteiger partial charge in [-0.15, -0.1) is 0 Å². The van der Waals surface area contributed by atoms with Crippen molar-refractivity contribution in [1.29, 1.82) is 0 Å². The number of rotatable bonds is 13. The Kier molecular flexibility index (Phi) is 13.4. The van der Waals surface area contributed by atoms with Gasteiger partial charge in [0, 0.05) is 101 Å². The fourth-order valence-corrected chi connectivity index (χ4v) is 12.5. The van der Waals surface area contributed by atoms with Gasteiger partial charge in [-0.1, -0.05) is 56.1 Å². The minimum Gasteiger partial charge on any atom is -0.455 e. The third kappa shape index (κ3) is 10.7. The molecular weight excluding hydrogens is 886 g/mol. The maximum atomic E-state index is 14.0. The summed E-state index contributed by atoms with van der Waals surface area (Å²) in [6.07, 6.45) is 8.21. The molecule has 2 N–H and O–H groups in total. The molecule has 1 atom stereocenters. The maximum absolute atomic E-state index is 14.0. The van der Waals surface area contributed by atoms with Crippen molar-refractivity contribution in [3.05, 3.63) is 123 Å². The molecule has 8 rings (SSSR count). The van der Waals surface area contributed by atoms with Gasteiger partial charge in [-0.3, -0.25) is 19.8 Å². The van der Waals surface area contributed by atoms with Crippen molar-refractivity contribution in [3.8, 4) is 11.5 Å². The quantitative estimate of drug-likeness (QED) is 0.0853. The Hall–Kier alpha value is -5.29. The number of allylic oxidation sites excluding steroid dienone is 1. The molecule has 1 aliphatic carbocycles. The summed E-state index contributed by atoms with van der Waals surface area (Å²) in [7, 11) is -5.19. The number of fused-ring (bicyclic) bond motifs is 1. The zero-order valence-electron chi connectivity index (χ0n) is 37.2. The van der Waals surface area contributed by atoms with Gasteiger partial charge in [0.25, 0.3) is 21.6 Å². The van der Waals surface area contributed by atoms with Gasteiger partial charge in [0.1, 0.15) is 17.1 Å². The number of aromatic amines is 1. The van der Waals surface area contributed by atoms with E-state index in [1.807, 2.05) is 25.1 Å². The van der Waals surface area contributed by atoms with E-state index < -0.39 is 35.5 Å². The third-order valence-electron chi connectivity index (χ3n) is 13.4. The fourth-order valence-electron chi connectivity index (χ4n) is 9.45. The second-order valence-corrected chi connectivity index (χ2v) is 23.3. The average Bonchev–Trinajstić information content (AvgIpc) is 3.76. The monoisotopic (exact) mass is 941 g/mol. The summed E-state index contributed by atoms with van der Waals surface area (Å²) in [5, 5.41) is 13.8. The molecule has 0 bridgehead atoms. The number of sulfonamides is 1. The van der Waals surface area contributed by atoms with E-state index in [1.165, 1.54) is 35.0 Å². The number of piperazine rings is 1. The number of anilines is 1. The molecule has 5 aromatic rings. The molecule has 0 spiro atoms. The number of pyridine rings is 1. The van der Waals surface area contributed by atoms with Gasteiger partial charge in [0.2, 0.25) is 0 Å². The fraction of sp³-hybridized carbons (Fsp3) is 0.417. The number of halogens is 1. The predicted octanol–water partition coefficient (Wildman–Crippen LogP) is 9.51. The van der Waals surface area contributed by atoms with Gasteiger partial charge in [-0.05, 0) is 109 Å². The number of carbonyl (C=O) groups excluding carboxylic acids is 1. The van der Waals surface area contributed by atoms with Crippen molar-refractivity contribution in [2.24, 2.45) is 21.6 Å². The minimum absolute atomic E-state index is 0.0242. The highest BCUT2D eigenvalue weighted by molar-refractivity contribution is 7.93.